The van der Waals surface area contributed by atoms with Crippen LogP contribution in [-0.4, -0.2) is 31.3 Å². The Morgan fingerprint density at radius 3 is 3.06 bits per heavy atom. The highest BCUT2D eigenvalue weighted by molar-refractivity contribution is 7.13. The molecule has 0 radical (unpaired) electrons. The number of hydrogen-bond donors (Lipinski definition) is 1. The topological polar surface area (TPSA) is 80.9 Å². The van der Waals surface area contributed by atoms with E-state index in [1.165, 1.54) is 0 Å². The molecule has 2 rings (SSSR count). The molecule has 0 spiro atoms. The molecule has 2 aromatic heterocycles. The first-order valence-corrected chi connectivity index (χ1v) is 6.09. The normalized spacial score (nSPS) is 10.6. The van der Waals surface area contributed by atoms with E-state index in [4.69, 9.17) is 5.11 Å². The number of carboxylic acid groups (broad SMARTS) is 1. The molecule has 0 aromatic carbocycles. The number of carbonyl (C=O) groups is 1. The van der Waals surface area contributed by atoms with Crippen molar-refractivity contribution in [3.05, 3.63) is 17.0 Å². The number of thiophene rings is 1. The Hall–Kier alpha value is -1.76. The summed E-state index contributed by atoms with van der Waals surface area (Å²) in [6.45, 7) is 2.52. The standard InChI is InChI=1S/C10H12N4O2S/c1-7-4-6-17-9(7)10-11-12-13-14(10)5-2-3-8(15)16/h4,6H,2-3,5H2,1H3,(H,15,16). The summed E-state index contributed by atoms with van der Waals surface area (Å²) in [5.74, 6) is -0.0881. The first-order valence-electron chi connectivity index (χ1n) is 5.21. The maximum absolute atomic E-state index is 10.4. The quantitative estimate of drug-likeness (QED) is 0.873. The van der Waals surface area contributed by atoms with Gasteiger partial charge in [0.15, 0.2) is 5.82 Å². The van der Waals surface area contributed by atoms with Crippen molar-refractivity contribution < 1.29 is 9.90 Å². The molecule has 0 atom stereocenters. The largest absolute Gasteiger partial charge is 0.481 e. The van der Waals surface area contributed by atoms with Crippen LogP contribution in [0.25, 0.3) is 10.7 Å². The zero-order chi connectivity index (χ0) is 12.3. The molecule has 0 aliphatic heterocycles. The molecule has 0 aliphatic rings. The van der Waals surface area contributed by atoms with E-state index >= 15 is 0 Å². The van der Waals surface area contributed by atoms with Gasteiger partial charge in [0.2, 0.25) is 0 Å². The second-order valence-electron chi connectivity index (χ2n) is 3.66. The summed E-state index contributed by atoms with van der Waals surface area (Å²) in [5.41, 5.74) is 1.13. The van der Waals surface area contributed by atoms with Gasteiger partial charge < -0.3 is 5.11 Å². The molecule has 0 fully saturated rings. The molecule has 6 nitrogen and oxygen atoms in total. The van der Waals surface area contributed by atoms with Crippen LogP contribution in [0.3, 0.4) is 0 Å². The predicted octanol–water partition coefficient (Wildman–Crippen LogP) is 1.57. The summed E-state index contributed by atoms with van der Waals surface area (Å²) in [4.78, 5) is 11.5. The van der Waals surface area contributed by atoms with Gasteiger partial charge in [-0.25, -0.2) is 4.68 Å². The molecule has 90 valence electrons. The van der Waals surface area contributed by atoms with Gasteiger partial charge in [-0.15, -0.1) is 16.4 Å². The molecule has 17 heavy (non-hydrogen) atoms. The SMILES string of the molecule is Cc1ccsc1-c1nnnn1CCCC(=O)O. The summed E-state index contributed by atoms with van der Waals surface area (Å²) < 4.78 is 1.65. The van der Waals surface area contributed by atoms with Crippen molar-refractivity contribution in [3.63, 3.8) is 0 Å². The lowest BCUT2D eigenvalue weighted by Crippen LogP contribution is -2.05. The average Bonchev–Trinajstić information content (AvgIpc) is 2.86. The van der Waals surface area contributed by atoms with Crippen molar-refractivity contribution in [2.75, 3.05) is 0 Å². The molecule has 0 bridgehead atoms. The minimum atomic E-state index is -0.799. The van der Waals surface area contributed by atoms with Crippen molar-refractivity contribution in [2.45, 2.75) is 26.3 Å². The van der Waals surface area contributed by atoms with Crippen LogP contribution >= 0.6 is 11.3 Å². The average molecular weight is 252 g/mol. The van der Waals surface area contributed by atoms with E-state index in [0.717, 1.165) is 10.4 Å². The summed E-state index contributed by atoms with van der Waals surface area (Å²) in [6.07, 6.45) is 0.653. The van der Waals surface area contributed by atoms with E-state index in [-0.39, 0.29) is 6.42 Å². The Bertz CT molecular complexity index is 520. The monoisotopic (exact) mass is 252 g/mol. The first-order chi connectivity index (χ1) is 8.18. The molecule has 2 aromatic rings. The molecular formula is C10H12N4O2S. The van der Waals surface area contributed by atoms with Crippen molar-refractivity contribution in [3.8, 4) is 10.7 Å². The Kier molecular flexibility index (Phi) is 3.48. The Labute approximate surface area is 102 Å². The van der Waals surface area contributed by atoms with Gasteiger partial charge in [0.05, 0.1) is 4.88 Å². The zero-order valence-corrected chi connectivity index (χ0v) is 10.1. The Morgan fingerprint density at radius 1 is 1.59 bits per heavy atom. The maximum Gasteiger partial charge on any atom is 0.303 e. The minimum absolute atomic E-state index is 0.128. The molecule has 7 heteroatoms. The first kappa shape index (κ1) is 11.7. The predicted molar refractivity (Wildman–Crippen MR) is 62.7 cm³/mol. The van der Waals surface area contributed by atoms with E-state index in [2.05, 4.69) is 15.5 Å². The fourth-order valence-corrected chi connectivity index (χ4v) is 2.41. The van der Waals surface area contributed by atoms with Gasteiger partial charge in [0.1, 0.15) is 0 Å². The number of aliphatic carboxylic acids is 1. The fourth-order valence-electron chi connectivity index (χ4n) is 1.50. The zero-order valence-electron chi connectivity index (χ0n) is 9.33. The summed E-state index contributed by atoms with van der Waals surface area (Å²) in [6, 6.07) is 2.01. The highest BCUT2D eigenvalue weighted by atomic mass is 32.1. The van der Waals surface area contributed by atoms with Gasteiger partial charge in [-0.3, -0.25) is 4.79 Å². The summed E-state index contributed by atoms with van der Waals surface area (Å²) in [5, 5.41) is 22.1. The molecule has 0 saturated heterocycles. The highest BCUT2D eigenvalue weighted by Crippen LogP contribution is 2.26. The van der Waals surface area contributed by atoms with Crippen LogP contribution in [0, 0.1) is 6.92 Å². The van der Waals surface area contributed by atoms with Gasteiger partial charge in [-0.2, -0.15) is 0 Å². The van der Waals surface area contributed by atoms with Crippen molar-refractivity contribution in [1.29, 1.82) is 0 Å². The molecule has 0 amide bonds. The molecule has 0 saturated carbocycles. The van der Waals surface area contributed by atoms with Crippen molar-refractivity contribution >= 4 is 17.3 Å². The smallest absolute Gasteiger partial charge is 0.303 e. The summed E-state index contributed by atoms with van der Waals surface area (Å²) in [7, 11) is 0. The third kappa shape index (κ3) is 2.68. The molecule has 1 N–H and O–H groups in total. The third-order valence-electron chi connectivity index (χ3n) is 2.36. The third-order valence-corrected chi connectivity index (χ3v) is 3.37. The molecular weight excluding hydrogens is 240 g/mol. The van der Waals surface area contributed by atoms with Gasteiger partial charge in [-0.05, 0) is 40.8 Å². The van der Waals surface area contributed by atoms with E-state index in [1.54, 1.807) is 16.0 Å². The van der Waals surface area contributed by atoms with E-state index in [9.17, 15) is 4.79 Å². The van der Waals surface area contributed by atoms with Crippen molar-refractivity contribution in [2.24, 2.45) is 0 Å². The van der Waals surface area contributed by atoms with Crippen LogP contribution in [-0.2, 0) is 11.3 Å². The number of rotatable bonds is 5. The van der Waals surface area contributed by atoms with E-state index in [0.29, 0.717) is 18.8 Å². The number of tetrazole rings is 1. The van der Waals surface area contributed by atoms with Crippen LogP contribution in [0.1, 0.15) is 18.4 Å². The Balaban J connectivity index is 2.12. The van der Waals surface area contributed by atoms with Gasteiger partial charge in [-0.1, -0.05) is 0 Å². The van der Waals surface area contributed by atoms with Crippen LogP contribution in [0.2, 0.25) is 0 Å². The minimum Gasteiger partial charge on any atom is -0.481 e. The van der Waals surface area contributed by atoms with Gasteiger partial charge in [0.25, 0.3) is 0 Å². The fraction of sp³-hybridized carbons (Fsp3) is 0.400. The number of aromatic nitrogens is 4. The Morgan fingerprint density at radius 2 is 2.41 bits per heavy atom. The molecule has 2 heterocycles. The van der Waals surface area contributed by atoms with Crippen LogP contribution in [0.15, 0.2) is 11.4 Å². The summed E-state index contributed by atoms with van der Waals surface area (Å²) >= 11 is 1.58. The number of nitrogens with zero attached hydrogens (tertiary/aromatic N) is 4. The van der Waals surface area contributed by atoms with Gasteiger partial charge >= 0.3 is 5.97 Å². The molecule has 0 unspecified atom stereocenters. The number of carboxylic acids is 1. The van der Waals surface area contributed by atoms with Crippen LogP contribution in [0.4, 0.5) is 0 Å². The molecule has 0 aliphatic carbocycles. The van der Waals surface area contributed by atoms with Gasteiger partial charge in [0, 0.05) is 13.0 Å². The van der Waals surface area contributed by atoms with Crippen LogP contribution in [0.5, 0.6) is 0 Å². The lowest BCUT2D eigenvalue weighted by molar-refractivity contribution is -0.137. The lowest BCUT2D eigenvalue weighted by atomic mass is 10.2. The number of hydrogen-bond acceptors (Lipinski definition) is 5. The second-order valence-corrected chi connectivity index (χ2v) is 4.57. The maximum atomic E-state index is 10.4. The van der Waals surface area contributed by atoms with E-state index in [1.807, 2.05) is 18.4 Å². The number of aryl methyl sites for hydroxylation is 2. The second kappa shape index (κ2) is 5.05. The van der Waals surface area contributed by atoms with E-state index < -0.39 is 5.97 Å². The van der Waals surface area contributed by atoms with Crippen LogP contribution < -0.4 is 0 Å². The van der Waals surface area contributed by atoms with Crippen molar-refractivity contribution in [1.82, 2.24) is 20.2 Å². The lowest BCUT2D eigenvalue weighted by Gasteiger charge is -2.02. The highest BCUT2D eigenvalue weighted by Gasteiger charge is 2.12.